The largest absolute Gasteiger partial charge is 0.378 e. The van der Waals surface area contributed by atoms with E-state index in [0.717, 1.165) is 36.6 Å². The molecule has 0 unspecified atom stereocenters. The summed E-state index contributed by atoms with van der Waals surface area (Å²) >= 11 is 1.47. The van der Waals surface area contributed by atoms with Gasteiger partial charge in [-0.25, -0.2) is 4.98 Å². The number of amides is 1. The summed E-state index contributed by atoms with van der Waals surface area (Å²) in [7, 11) is 0. The van der Waals surface area contributed by atoms with E-state index in [1.54, 1.807) is 12.1 Å². The number of morpholine rings is 1. The number of nitro groups is 1. The fourth-order valence-electron chi connectivity index (χ4n) is 4.33. The van der Waals surface area contributed by atoms with E-state index in [0.29, 0.717) is 37.1 Å². The first-order chi connectivity index (χ1) is 16.6. The number of carbonyl (C=O) groups excluding carboxylic acids is 1. The van der Waals surface area contributed by atoms with Crippen LogP contribution in [0.3, 0.4) is 0 Å². The molecule has 34 heavy (non-hydrogen) atoms. The van der Waals surface area contributed by atoms with Crippen molar-refractivity contribution in [3.8, 4) is 0 Å². The highest BCUT2D eigenvalue weighted by Crippen LogP contribution is 2.32. The number of aromatic nitrogens is 1. The van der Waals surface area contributed by atoms with E-state index in [4.69, 9.17) is 4.74 Å². The lowest BCUT2D eigenvalue weighted by Crippen LogP contribution is -2.36. The monoisotopic (exact) mass is 479 g/mol. The SMILES string of the molecule is O=C(Nc1nc2c(s1)CN(Cc1ccccc1)CC2)c1ccc(N2CCOCC2)c([N+](=O)[O-])c1. The number of nitrogens with one attached hydrogen (secondary N) is 1. The third-order valence-electron chi connectivity index (χ3n) is 6.07. The minimum absolute atomic E-state index is 0.0791. The lowest BCUT2D eigenvalue weighted by Gasteiger charge is -2.28. The topological polar surface area (TPSA) is 101 Å². The summed E-state index contributed by atoms with van der Waals surface area (Å²) in [5.74, 6) is -0.399. The first kappa shape index (κ1) is 22.5. The Hall–Kier alpha value is -3.34. The van der Waals surface area contributed by atoms with Gasteiger partial charge in [-0.05, 0) is 17.7 Å². The predicted molar refractivity (Wildman–Crippen MR) is 130 cm³/mol. The third kappa shape index (κ3) is 4.93. The molecule has 1 amide bonds. The highest BCUT2D eigenvalue weighted by atomic mass is 32.1. The molecule has 1 fully saturated rings. The molecule has 0 spiro atoms. The molecule has 176 valence electrons. The first-order valence-corrected chi connectivity index (χ1v) is 12.1. The molecule has 2 aliphatic heterocycles. The van der Waals surface area contributed by atoms with E-state index in [9.17, 15) is 14.9 Å². The maximum absolute atomic E-state index is 12.9. The maximum Gasteiger partial charge on any atom is 0.293 e. The van der Waals surface area contributed by atoms with Crippen LogP contribution in [0.25, 0.3) is 0 Å². The highest BCUT2D eigenvalue weighted by molar-refractivity contribution is 7.15. The van der Waals surface area contributed by atoms with Crippen LogP contribution in [0.4, 0.5) is 16.5 Å². The average Bonchev–Trinajstić information content (AvgIpc) is 3.26. The van der Waals surface area contributed by atoms with Crippen LogP contribution in [0.5, 0.6) is 0 Å². The number of carbonyl (C=O) groups is 1. The number of fused-ring (bicyclic) bond motifs is 1. The zero-order chi connectivity index (χ0) is 23.5. The fraction of sp³-hybridized carbons (Fsp3) is 0.333. The van der Waals surface area contributed by atoms with Gasteiger partial charge in [-0.2, -0.15) is 0 Å². The van der Waals surface area contributed by atoms with E-state index in [1.165, 1.54) is 23.0 Å². The van der Waals surface area contributed by atoms with E-state index in [1.807, 2.05) is 23.1 Å². The van der Waals surface area contributed by atoms with Crippen molar-refractivity contribution in [1.82, 2.24) is 9.88 Å². The molecule has 2 aliphatic rings. The van der Waals surface area contributed by atoms with Crippen LogP contribution in [-0.4, -0.2) is 53.6 Å². The number of thiazole rings is 1. The number of rotatable bonds is 6. The summed E-state index contributed by atoms with van der Waals surface area (Å²) in [6, 6.07) is 15.0. The Labute approximate surface area is 201 Å². The molecule has 1 saturated heterocycles. The van der Waals surface area contributed by atoms with Gasteiger partial charge in [0.15, 0.2) is 5.13 Å². The first-order valence-electron chi connectivity index (χ1n) is 11.2. The molecule has 0 radical (unpaired) electrons. The summed E-state index contributed by atoms with van der Waals surface area (Å²) < 4.78 is 5.34. The lowest BCUT2D eigenvalue weighted by molar-refractivity contribution is -0.384. The molecule has 0 bridgehead atoms. The molecule has 9 nitrogen and oxygen atoms in total. The Morgan fingerprint density at radius 3 is 2.71 bits per heavy atom. The average molecular weight is 480 g/mol. The van der Waals surface area contributed by atoms with Gasteiger partial charge in [0.25, 0.3) is 11.6 Å². The van der Waals surface area contributed by atoms with E-state index in [-0.39, 0.29) is 11.3 Å². The lowest BCUT2D eigenvalue weighted by atomic mass is 10.1. The Morgan fingerprint density at radius 2 is 1.94 bits per heavy atom. The summed E-state index contributed by atoms with van der Waals surface area (Å²) in [6.07, 6.45) is 0.828. The number of nitrogens with zero attached hydrogens (tertiary/aromatic N) is 4. The molecule has 3 aromatic rings. The van der Waals surface area contributed by atoms with Crippen molar-refractivity contribution in [2.24, 2.45) is 0 Å². The fourth-order valence-corrected chi connectivity index (χ4v) is 5.38. The molecule has 1 N–H and O–H groups in total. The highest BCUT2D eigenvalue weighted by Gasteiger charge is 2.25. The molecule has 0 aliphatic carbocycles. The van der Waals surface area contributed by atoms with Gasteiger partial charge in [-0.3, -0.25) is 25.1 Å². The van der Waals surface area contributed by atoms with Gasteiger partial charge in [-0.15, -0.1) is 11.3 Å². The van der Waals surface area contributed by atoms with Crippen LogP contribution in [0.2, 0.25) is 0 Å². The van der Waals surface area contributed by atoms with Crippen LogP contribution in [0, 0.1) is 10.1 Å². The normalized spacial score (nSPS) is 16.2. The summed E-state index contributed by atoms with van der Waals surface area (Å²) in [6.45, 7) is 4.79. The van der Waals surface area contributed by atoms with Crippen LogP contribution in [-0.2, 0) is 24.2 Å². The van der Waals surface area contributed by atoms with Gasteiger partial charge in [0.1, 0.15) is 5.69 Å². The zero-order valence-corrected chi connectivity index (χ0v) is 19.4. The van der Waals surface area contributed by atoms with E-state index < -0.39 is 10.8 Å². The minimum Gasteiger partial charge on any atom is -0.378 e. The Kier molecular flexibility index (Phi) is 6.52. The van der Waals surface area contributed by atoms with Gasteiger partial charge in [-0.1, -0.05) is 30.3 Å². The van der Waals surface area contributed by atoms with Crippen molar-refractivity contribution in [3.63, 3.8) is 0 Å². The third-order valence-corrected chi connectivity index (χ3v) is 7.06. The van der Waals surface area contributed by atoms with Gasteiger partial charge < -0.3 is 9.64 Å². The van der Waals surface area contributed by atoms with Crippen molar-refractivity contribution in [2.75, 3.05) is 43.1 Å². The van der Waals surface area contributed by atoms with Crippen LogP contribution in [0.1, 0.15) is 26.5 Å². The van der Waals surface area contributed by atoms with Gasteiger partial charge in [0.2, 0.25) is 0 Å². The summed E-state index contributed by atoms with van der Waals surface area (Å²) in [5.41, 5.74) is 2.95. The number of anilines is 2. The number of nitro benzene ring substituents is 1. The molecular weight excluding hydrogens is 454 g/mol. The number of hydrogen-bond acceptors (Lipinski definition) is 8. The van der Waals surface area contributed by atoms with E-state index in [2.05, 4.69) is 27.3 Å². The van der Waals surface area contributed by atoms with Crippen molar-refractivity contribution < 1.29 is 14.5 Å². The van der Waals surface area contributed by atoms with Crippen LogP contribution in [0.15, 0.2) is 48.5 Å². The van der Waals surface area contributed by atoms with Crippen molar-refractivity contribution in [3.05, 3.63) is 80.3 Å². The quantitative estimate of drug-likeness (QED) is 0.425. The number of benzene rings is 2. The van der Waals surface area contributed by atoms with Crippen molar-refractivity contribution in [2.45, 2.75) is 19.5 Å². The summed E-state index contributed by atoms with van der Waals surface area (Å²) in [4.78, 5) is 34.2. The Balaban J connectivity index is 1.28. The molecule has 2 aromatic carbocycles. The second kappa shape index (κ2) is 9.88. The van der Waals surface area contributed by atoms with Crippen LogP contribution < -0.4 is 10.2 Å². The molecule has 5 rings (SSSR count). The van der Waals surface area contributed by atoms with E-state index >= 15 is 0 Å². The predicted octanol–water partition coefficient (Wildman–Crippen LogP) is 3.70. The van der Waals surface area contributed by atoms with Crippen molar-refractivity contribution >= 4 is 33.8 Å². The maximum atomic E-state index is 12.9. The summed E-state index contributed by atoms with van der Waals surface area (Å²) in [5, 5.41) is 15.1. The Bertz CT molecular complexity index is 1190. The minimum atomic E-state index is -0.439. The Morgan fingerprint density at radius 1 is 1.15 bits per heavy atom. The molecule has 0 atom stereocenters. The number of ether oxygens (including phenoxy) is 1. The smallest absolute Gasteiger partial charge is 0.293 e. The second-order valence-electron chi connectivity index (χ2n) is 8.35. The standard InChI is InChI=1S/C24H25N5O4S/c30-23(18-6-7-20(21(14-18)29(31)32)28-10-12-33-13-11-28)26-24-25-19-8-9-27(16-22(19)34-24)15-17-4-2-1-3-5-17/h1-7,14H,8-13,15-16H2,(H,25,26,30). The molecule has 3 heterocycles. The zero-order valence-electron chi connectivity index (χ0n) is 18.6. The molecule has 10 heteroatoms. The van der Waals surface area contributed by atoms with Gasteiger partial charge in [0, 0.05) is 55.7 Å². The second-order valence-corrected chi connectivity index (χ2v) is 9.43. The molecule has 0 saturated carbocycles. The van der Waals surface area contributed by atoms with Crippen molar-refractivity contribution in [1.29, 1.82) is 0 Å². The molecular formula is C24H25N5O4S. The van der Waals surface area contributed by atoms with Gasteiger partial charge >= 0.3 is 0 Å². The molecule has 1 aromatic heterocycles. The van der Waals surface area contributed by atoms with Crippen LogP contribution >= 0.6 is 11.3 Å². The van der Waals surface area contributed by atoms with Gasteiger partial charge in [0.05, 0.1) is 23.8 Å². The number of hydrogen-bond donors (Lipinski definition) is 1.